The van der Waals surface area contributed by atoms with E-state index in [2.05, 4.69) is 10.1 Å². The predicted octanol–water partition coefficient (Wildman–Crippen LogP) is 2.90. The monoisotopic (exact) mass is 362 g/mol. The van der Waals surface area contributed by atoms with Crippen LogP contribution >= 0.6 is 12.4 Å². The van der Waals surface area contributed by atoms with E-state index >= 15 is 0 Å². The molecule has 1 aliphatic carbocycles. The van der Waals surface area contributed by atoms with Gasteiger partial charge in [0.1, 0.15) is 0 Å². The van der Waals surface area contributed by atoms with E-state index in [1.54, 1.807) is 0 Å². The summed E-state index contributed by atoms with van der Waals surface area (Å²) in [5, 5.41) is 4.15. The molecule has 1 unspecified atom stereocenters. The minimum absolute atomic E-state index is 0. The Morgan fingerprint density at radius 1 is 1.20 bits per heavy atom. The first-order valence-electron chi connectivity index (χ1n) is 8.65. The standard InChI is InChI=1S/C18H22N4O2.ClH/c19-15-7-3-12(4-8-15)10-16(23)22-9-1-2-14(11-22)17-20-18(24-21-17)13-5-6-13;/h3-4,7-8,13-14H,1-2,5-6,9-11,19H2;1H. The number of halogens is 1. The van der Waals surface area contributed by atoms with Gasteiger partial charge in [0, 0.05) is 30.6 Å². The molecule has 2 aliphatic rings. The zero-order chi connectivity index (χ0) is 16.5. The average Bonchev–Trinajstić information content (AvgIpc) is 3.34. The van der Waals surface area contributed by atoms with Crippen molar-refractivity contribution < 1.29 is 9.32 Å². The summed E-state index contributed by atoms with van der Waals surface area (Å²) >= 11 is 0. The zero-order valence-corrected chi connectivity index (χ0v) is 14.9. The molecule has 1 aromatic carbocycles. The fraction of sp³-hybridized carbons (Fsp3) is 0.500. The van der Waals surface area contributed by atoms with Crippen LogP contribution in [0.1, 0.15) is 54.8 Å². The Bertz CT molecular complexity index is 727. The SMILES string of the molecule is Cl.Nc1ccc(CC(=O)N2CCCC(c3noc(C4CC4)n3)C2)cc1. The molecular weight excluding hydrogens is 340 g/mol. The van der Waals surface area contributed by atoms with E-state index < -0.39 is 0 Å². The number of nitrogens with zero attached hydrogens (tertiary/aromatic N) is 3. The van der Waals surface area contributed by atoms with Gasteiger partial charge in [0.25, 0.3) is 0 Å². The summed E-state index contributed by atoms with van der Waals surface area (Å²) in [7, 11) is 0. The maximum atomic E-state index is 12.6. The number of carbonyl (C=O) groups excluding carboxylic acids is 1. The van der Waals surface area contributed by atoms with Crippen molar-refractivity contribution in [2.75, 3.05) is 18.8 Å². The van der Waals surface area contributed by atoms with Crippen LogP contribution in [0.3, 0.4) is 0 Å². The van der Waals surface area contributed by atoms with Crippen molar-refractivity contribution in [3.63, 3.8) is 0 Å². The number of piperidine rings is 1. The van der Waals surface area contributed by atoms with Crippen molar-refractivity contribution in [3.8, 4) is 0 Å². The molecule has 1 aliphatic heterocycles. The Morgan fingerprint density at radius 3 is 2.68 bits per heavy atom. The van der Waals surface area contributed by atoms with Crippen LogP contribution in [0, 0.1) is 0 Å². The number of benzene rings is 1. The van der Waals surface area contributed by atoms with Gasteiger partial charge in [-0.05, 0) is 43.4 Å². The van der Waals surface area contributed by atoms with Crippen molar-refractivity contribution >= 4 is 24.0 Å². The van der Waals surface area contributed by atoms with Crippen LogP contribution in [0.2, 0.25) is 0 Å². The van der Waals surface area contributed by atoms with Crippen molar-refractivity contribution in [1.29, 1.82) is 0 Å². The normalized spacial score (nSPS) is 20.2. The summed E-state index contributed by atoms with van der Waals surface area (Å²) in [5.41, 5.74) is 7.40. The molecule has 134 valence electrons. The molecule has 0 spiro atoms. The molecule has 2 heterocycles. The molecule has 0 radical (unpaired) electrons. The molecule has 7 heteroatoms. The number of carbonyl (C=O) groups is 1. The smallest absolute Gasteiger partial charge is 0.229 e. The van der Waals surface area contributed by atoms with Crippen molar-refractivity contribution in [1.82, 2.24) is 15.0 Å². The van der Waals surface area contributed by atoms with E-state index in [0.717, 1.165) is 49.5 Å². The molecule has 25 heavy (non-hydrogen) atoms. The molecule has 1 aromatic heterocycles. The number of amides is 1. The largest absolute Gasteiger partial charge is 0.399 e. The van der Waals surface area contributed by atoms with E-state index in [-0.39, 0.29) is 24.2 Å². The van der Waals surface area contributed by atoms with Gasteiger partial charge in [-0.15, -0.1) is 12.4 Å². The lowest BCUT2D eigenvalue weighted by molar-refractivity contribution is -0.131. The van der Waals surface area contributed by atoms with Gasteiger partial charge in [0.15, 0.2) is 5.82 Å². The van der Waals surface area contributed by atoms with Crippen LogP contribution in [0.5, 0.6) is 0 Å². The van der Waals surface area contributed by atoms with Gasteiger partial charge in [-0.1, -0.05) is 17.3 Å². The molecular formula is C18H23ClN4O2. The maximum absolute atomic E-state index is 12.6. The molecule has 1 saturated carbocycles. The lowest BCUT2D eigenvalue weighted by Crippen LogP contribution is -2.40. The number of nitrogen functional groups attached to an aromatic ring is 1. The molecule has 4 rings (SSSR count). The van der Waals surface area contributed by atoms with Gasteiger partial charge in [0.05, 0.1) is 6.42 Å². The van der Waals surface area contributed by atoms with E-state index in [1.165, 1.54) is 0 Å². The van der Waals surface area contributed by atoms with Crippen LogP contribution < -0.4 is 5.73 Å². The number of rotatable bonds is 4. The van der Waals surface area contributed by atoms with Crippen molar-refractivity contribution in [2.24, 2.45) is 0 Å². The van der Waals surface area contributed by atoms with Crippen molar-refractivity contribution in [3.05, 3.63) is 41.5 Å². The third-order valence-corrected chi connectivity index (χ3v) is 4.86. The highest BCUT2D eigenvalue weighted by atomic mass is 35.5. The number of hydrogen-bond acceptors (Lipinski definition) is 5. The molecule has 1 atom stereocenters. The molecule has 1 amide bonds. The Morgan fingerprint density at radius 2 is 1.96 bits per heavy atom. The topological polar surface area (TPSA) is 85.3 Å². The van der Waals surface area contributed by atoms with Gasteiger partial charge in [-0.3, -0.25) is 4.79 Å². The minimum Gasteiger partial charge on any atom is -0.399 e. The molecule has 2 aromatic rings. The summed E-state index contributed by atoms with van der Waals surface area (Å²) in [6.45, 7) is 1.48. The number of hydrogen-bond donors (Lipinski definition) is 1. The first-order chi connectivity index (χ1) is 11.7. The van der Waals surface area contributed by atoms with Gasteiger partial charge < -0.3 is 15.2 Å². The second-order valence-electron chi connectivity index (χ2n) is 6.86. The Balaban J connectivity index is 0.00000182. The second kappa shape index (κ2) is 7.44. The summed E-state index contributed by atoms with van der Waals surface area (Å²) < 4.78 is 5.37. The van der Waals surface area contributed by atoms with E-state index in [9.17, 15) is 4.79 Å². The van der Waals surface area contributed by atoms with Crippen LogP contribution in [-0.4, -0.2) is 34.0 Å². The summed E-state index contributed by atoms with van der Waals surface area (Å²) in [5.74, 6) is 2.34. The first-order valence-corrected chi connectivity index (χ1v) is 8.65. The quantitative estimate of drug-likeness (QED) is 0.845. The summed E-state index contributed by atoms with van der Waals surface area (Å²) in [6.07, 6.45) is 4.70. The Hall–Kier alpha value is -2.08. The highest BCUT2D eigenvalue weighted by Gasteiger charge is 2.32. The van der Waals surface area contributed by atoms with E-state index in [4.69, 9.17) is 10.3 Å². The maximum Gasteiger partial charge on any atom is 0.229 e. The Labute approximate surface area is 153 Å². The van der Waals surface area contributed by atoms with E-state index in [1.807, 2.05) is 29.2 Å². The van der Waals surface area contributed by atoms with Gasteiger partial charge in [-0.25, -0.2) is 0 Å². The number of aromatic nitrogens is 2. The van der Waals surface area contributed by atoms with Crippen LogP contribution in [0.15, 0.2) is 28.8 Å². The lowest BCUT2D eigenvalue weighted by Gasteiger charge is -2.31. The highest BCUT2D eigenvalue weighted by molar-refractivity contribution is 5.85. The van der Waals surface area contributed by atoms with Crippen LogP contribution in [-0.2, 0) is 11.2 Å². The molecule has 2 N–H and O–H groups in total. The number of anilines is 1. The Kier molecular flexibility index (Phi) is 5.27. The fourth-order valence-corrected chi connectivity index (χ4v) is 3.25. The first kappa shape index (κ1) is 17.7. The van der Waals surface area contributed by atoms with Gasteiger partial charge in [-0.2, -0.15) is 4.98 Å². The van der Waals surface area contributed by atoms with E-state index in [0.29, 0.717) is 24.6 Å². The highest BCUT2D eigenvalue weighted by Crippen LogP contribution is 2.39. The molecule has 6 nitrogen and oxygen atoms in total. The third kappa shape index (κ3) is 4.12. The van der Waals surface area contributed by atoms with Crippen molar-refractivity contribution in [2.45, 2.75) is 43.9 Å². The molecule has 2 fully saturated rings. The van der Waals surface area contributed by atoms with Crippen LogP contribution in [0.4, 0.5) is 5.69 Å². The predicted molar refractivity (Wildman–Crippen MR) is 96.6 cm³/mol. The minimum atomic E-state index is 0. The summed E-state index contributed by atoms with van der Waals surface area (Å²) in [4.78, 5) is 19.1. The summed E-state index contributed by atoms with van der Waals surface area (Å²) in [6, 6.07) is 7.49. The number of likely N-dealkylation sites (tertiary alicyclic amines) is 1. The average molecular weight is 363 g/mol. The second-order valence-corrected chi connectivity index (χ2v) is 6.86. The van der Waals surface area contributed by atoms with Gasteiger partial charge >= 0.3 is 0 Å². The lowest BCUT2D eigenvalue weighted by atomic mass is 9.96. The molecule has 0 bridgehead atoms. The molecule has 1 saturated heterocycles. The van der Waals surface area contributed by atoms with Gasteiger partial charge in [0.2, 0.25) is 11.8 Å². The van der Waals surface area contributed by atoms with Crippen LogP contribution in [0.25, 0.3) is 0 Å². The zero-order valence-electron chi connectivity index (χ0n) is 14.1. The third-order valence-electron chi connectivity index (χ3n) is 4.86. The number of nitrogens with two attached hydrogens (primary N) is 1. The fourth-order valence-electron chi connectivity index (χ4n) is 3.25.